The van der Waals surface area contributed by atoms with Crippen LogP contribution >= 0.6 is 0 Å². The van der Waals surface area contributed by atoms with Gasteiger partial charge < -0.3 is 10.3 Å². The molecule has 0 aliphatic heterocycles. The van der Waals surface area contributed by atoms with Gasteiger partial charge in [-0.25, -0.2) is 4.98 Å². The SMILES string of the molecule is N#Cc1ccc(C(=O)NC(=NCCc2cnc[nH]2)Nc2cccc(-c3ccccc3)c2)cc1. The summed E-state index contributed by atoms with van der Waals surface area (Å²) in [5.41, 5.74) is 4.85. The summed E-state index contributed by atoms with van der Waals surface area (Å²) >= 11 is 0. The summed E-state index contributed by atoms with van der Waals surface area (Å²) in [5, 5.41) is 15.1. The normalized spacial score (nSPS) is 10.9. The zero-order valence-electron chi connectivity index (χ0n) is 17.8. The molecule has 4 rings (SSSR count). The molecular weight excluding hydrogens is 412 g/mol. The lowest BCUT2D eigenvalue weighted by Crippen LogP contribution is -2.36. The maximum Gasteiger partial charge on any atom is 0.257 e. The number of guanidine groups is 1. The topological polar surface area (TPSA) is 106 Å². The molecule has 0 spiro atoms. The van der Waals surface area contributed by atoms with E-state index in [0.29, 0.717) is 30.1 Å². The van der Waals surface area contributed by atoms with Gasteiger partial charge in [-0.15, -0.1) is 0 Å². The third kappa shape index (κ3) is 5.93. The van der Waals surface area contributed by atoms with E-state index in [2.05, 4.69) is 31.7 Å². The third-order valence-electron chi connectivity index (χ3n) is 4.95. The highest BCUT2D eigenvalue weighted by molar-refractivity contribution is 6.10. The van der Waals surface area contributed by atoms with Crippen molar-refractivity contribution >= 4 is 17.6 Å². The Morgan fingerprint density at radius 3 is 2.52 bits per heavy atom. The van der Waals surface area contributed by atoms with Crippen molar-refractivity contribution in [1.82, 2.24) is 15.3 Å². The first-order valence-electron chi connectivity index (χ1n) is 10.5. The highest BCUT2D eigenvalue weighted by Gasteiger charge is 2.10. The molecule has 162 valence electrons. The molecule has 33 heavy (non-hydrogen) atoms. The molecule has 3 N–H and O–H groups in total. The van der Waals surface area contributed by atoms with Gasteiger partial charge in [0.15, 0.2) is 0 Å². The number of aromatic nitrogens is 2. The summed E-state index contributed by atoms with van der Waals surface area (Å²) in [6.07, 6.45) is 4.03. The Hall–Kier alpha value is -4.70. The summed E-state index contributed by atoms with van der Waals surface area (Å²) in [5.74, 6) is 0.0283. The molecule has 0 aliphatic rings. The summed E-state index contributed by atoms with van der Waals surface area (Å²) in [6, 6.07) is 26.5. The lowest BCUT2D eigenvalue weighted by Gasteiger charge is -2.13. The first-order chi connectivity index (χ1) is 16.2. The molecule has 0 aliphatic carbocycles. The highest BCUT2D eigenvalue weighted by atomic mass is 16.1. The van der Waals surface area contributed by atoms with Crippen molar-refractivity contribution in [3.8, 4) is 17.2 Å². The van der Waals surface area contributed by atoms with Crippen LogP contribution in [0.3, 0.4) is 0 Å². The predicted octanol–water partition coefficient (Wildman–Crippen LogP) is 4.39. The molecule has 0 bridgehead atoms. The molecule has 4 aromatic rings. The van der Waals surface area contributed by atoms with Crippen LogP contribution in [0.15, 0.2) is 96.4 Å². The number of carbonyl (C=O) groups excluding carboxylic acids is 1. The van der Waals surface area contributed by atoms with E-state index < -0.39 is 0 Å². The second kappa shape index (κ2) is 10.6. The molecule has 0 saturated carbocycles. The van der Waals surface area contributed by atoms with E-state index in [4.69, 9.17) is 5.26 Å². The van der Waals surface area contributed by atoms with Crippen LogP contribution in [0.5, 0.6) is 0 Å². The van der Waals surface area contributed by atoms with E-state index in [-0.39, 0.29) is 5.91 Å². The quantitative estimate of drug-likeness (QED) is 0.309. The Bertz CT molecular complexity index is 1270. The molecule has 3 aromatic carbocycles. The number of anilines is 1. The summed E-state index contributed by atoms with van der Waals surface area (Å²) < 4.78 is 0. The number of aromatic amines is 1. The summed E-state index contributed by atoms with van der Waals surface area (Å²) in [7, 11) is 0. The predicted molar refractivity (Wildman–Crippen MR) is 129 cm³/mol. The zero-order chi connectivity index (χ0) is 22.9. The fourth-order valence-corrected chi connectivity index (χ4v) is 3.24. The second-order valence-electron chi connectivity index (χ2n) is 7.27. The molecule has 0 atom stereocenters. The lowest BCUT2D eigenvalue weighted by atomic mass is 10.1. The first-order valence-corrected chi connectivity index (χ1v) is 10.5. The van der Waals surface area contributed by atoms with Gasteiger partial charge >= 0.3 is 0 Å². The monoisotopic (exact) mass is 434 g/mol. The van der Waals surface area contributed by atoms with E-state index in [1.54, 1.807) is 36.8 Å². The Kier molecular flexibility index (Phi) is 6.88. The van der Waals surface area contributed by atoms with Crippen molar-refractivity contribution in [3.63, 3.8) is 0 Å². The number of aliphatic imine (C=N–C) groups is 1. The molecule has 7 heteroatoms. The van der Waals surface area contributed by atoms with Crippen LogP contribution < -0.4 is 10.6 Å². The van der Waals surface area contributed by atoms with Crippen LogP contribution in [-0.4, -0.2) is 28.4 Å². The second-order valence-corrected chi connectivity index (χ2v) is 7.27. The van der Waals surface area contributed by atoms with Gasteiger partial charge in [-0.1, -0.05) is 42.5 Å². The molecule has 0 fully saturated rings. The number of nitrogens with zero attached hydrogens (tertiary/aromatic N) is 3. The van der Waals surface area contributed by atoms with E-state index in [1.807, 2.05) is 54.6 Å². The Morgan fingerprint density at radius 1 is 1.00 bits per heavy atom. The van der Waals surface area contributed by atoms with Crippen LogP contribution in [-0.2, 0) is 6.42 Å². The summed E-state index contributed by atoms with van der Waals surface area (Å²) in [6.45, 7) is 0.455. The minimum absolute atomic E-state index is 0.313. The molecule has 0 saturated heterocycles. The van der Waals surface area contributed by atoms with E-state index in [0.717, 1.165) is 22.5 Å². The van der Waals surface area contributed by atoms with Gasteiger partial charge in [0.1, 0.15) is 0 Å². The smallest absolute Gasteiger partial charge is 0.257 e. The van der Waals surface area contributed by atoms with Crippen LogP contribution in [0.2, 0.25) is 0 Å². The van der Waals surface area contributed by atoms with Gasteiger partial charge in [-0.3, -0.25) is 15.1 Å². The molecule has 0 unspecified atom stereocenters. The van der Waals surface area contributed by atoms with E-state index >= 15 is 0 Å². The van der Waals surface area contributed by atoms with Crippen molar-refractivity contribution in [1.29, 1.82) is 5.26 Å². The minimum atomic E-state index is -0.313. The number of H-pyrrole nitrogens is 1. The molecule has 1 aromatic heterocycles. The first kappa shape index (κ1) is 21.5. The number of nitriles is 1. The van der Waals surface area contributed by atoms with Crippen molar-refractivity contribution in [2.75, 3.05) is 11.9 Å². The van der Waals surface area contributed by atoms with Crippen LogP contribution in [0, 0.1) is 11.3 Å². The van der Waals surface area contributed by atoms with Gasteiger partial charge in [0.25, 0.3) is 5.91 Å². The number of hydrogen-bond donors (Lipinski definition) is 3. The zero-order valence-corrected chi connectivity index (χ0v) is 17.8. The van der Waals surface area contributed by atoms with E-state index in [9.17, 15) is 4.79 Å². The number of hydrogen-bond acceptors (Lipinski definition) is 4. The molecule has 1 heterocycles. The number of nitrogens with one attached hydrogen (secondary N) is 3. The van der Waals surface area contributed by atoms with E-state index in [1.165, 1.54) is 0 Å². The van der Waals surface area contributed by atoms with Crippen molar-refractivity contribution in [3.05, 3.63) is 108 Å². The number of benzene rings is 3. The average molecular weight is 435 g/mol. The van der Waals surface area contributed by atoms with Crippen LogP contribution in [0.1, 0.15) is 21.6 Å². The number of imidazole rings is 1. The molecule has 1 amide bonds. The average Bonchev–Trinajstić information content (AvgIpc) is 3.38. The molecule has 7 nitrogen and oxygen atoms in total. The van der Waals surface area contributed by atoms with Crippen LogP contribution in [0.4, 0.5) is 5.69 Å². The Morgan fingerprint density at radius 2 is 1.79 bits per heavy atom. The standard InChI is InChI=1S/C26H22N6O/c27-16-19-9-11-21(12-10-19)25(33)32-26(29-14-13-24-17-28-18-30-24)31-23-8-4-7-22(15-23)20-5-2-1-3-6-20/h1-12,15,17-18H,13-14H2,(H,28,30)(H2,29,31,32,33). The maximum absolute atomic E-state index is 12.8. The minimum Gasteiger partial charge on any atom is -0.348 e. The van der Waals surface area contributed by atoms with Crippen molar-refractivity contribution in [2.45, 2.75) is 6.42 Å². The number of carbonyl (C=O) groups is 1. The third-order valence-corrected chi connectivity index (χ3v) is 4.95. The van der Waals surface area contributed by atoms with Crippen molar-refractivity contribution < 1.29 is 4.79 Å². The van der Waals surface area contributed by atoms with Gasteiger partial charge in [0, 0.05) is 36.1 Å². The fourth-order valence-electron chi connectivity index (χ4n) is 3.24. The van der Waals surface area contributed by atoms with Crippen LogP contribution in [0.25, 0.3) is 11.1 Å². The largest absolute Gasteiger partial charge is 0.348 e. The van der Waals surface area contributed by atoms with Gasteiger partial charge in [-0.2, -0.15) is 5.26 Å². The van der Waals surface area contributed by atoms with Gasteiger partial charge in [0.05, 0.1) is 18.0 Å². The van der Waals surface area contributed by atoms with Gasteiger partial charge in [0.2, 0.25) is 5.96 Å². The molecule has 0 radical (unpaired) electrons. The Balaban J connectivity index is 1.53. The van der Waals surface area contributed by atoms with Crippen molar-refractivity contribution in [2.24, 2.45) is 4.99 Å². The number of amides is 1. The maximum atomic E-state index is 12.8. The summed E-state index contributed by atoms with van der Waals surface area (Å²) in [4.78, 5) is 24.4. The van der Waals surface area contributed by atoms with Gasteiger partial charge in [-0.05, 0) is 47.5 Å². The molecular formula is C26H22N6O. The highest BCUT2D eigenvalue weighted by Crippen LogP contribution is 2.22. The lowest BCUT2D eigenvalue weighted by molar-refractivity contribution is 0.0977. The Labute approximate surface area is 191 Å². The number of rotatable bonds is 6. The fraction of sp³-hybridized carbons (Fsp3) is 0.0769.